The Morgan fingerprint density at radius 3 is 0.938 bits per heavy atom. The zero-order chi connectivity index (χ0) is 34.3. The number of hydrogen-bond donors (Lipinski definition) is 0. The highest BCUT2D eigenvalue weighted by Gasteiger charge is 2.25. The van der Waals surface area contributed by atoms with Crippen LogP contribution in [0.15, 0.2) is 121 Å². The van der Waals surface area contributed by atoms with E-state index < -0.39 is 11.9 Å². The van der Waals surface area contributed by atoms with Crippen molar-refractivity contribution in [1.29, 1.82) is 10.5 Å². The van der Waals surface area contributed by atoms with Crippen LogP contribution in [0.5, 0.6) is 23.0 Å². The van der Waals surface area contributed by atoms with Gasteiger partial charge in [-0.2, -0.15) is 0 Å². The van der Waals surface area contributed by atoms with Crippen LogP contribution < -0.4 is 18.9 Å². The fraction of sp³-hybridized carbons (Fsp3) is 0.150. The highest BCUT2D eigenvalue weighted by atomic mass is 16.5. The van der Waals surface area contributed by atoms with Crippen molar-refractivity contribution in [2.45, 2.75) is 38.5 Å². The quantitative estimate of drug-likeness (QED) is 0.0851. The largest absolute Gasteiger partial charge is 0.423 e. The van der Waals surface area contributed by atoms with Gasteiger partial charge in [0.25, 0.3) is 12.5 Å². The minimum Gasteiger partial charge on any atom is -0.423 e. The standard InChI is InChI=1S/C40H32N2O6/c1-39(2,29-9-17-33(18-10-29)45-25-41)31-13-21-35(22-14-31)47-37(43)27-5-7-28(8-6-27)38(44)48-36-23-15-32(16-24-36)40(3,4)30-11-19-34(20-12-30)46-26-42/h5-24H,1-4H3. The molecule has 0 aliphatic carbocycles. The van der Waals surface area contributed by atoms with Crippen LogP contribution >= 0.6 is 0 Å². The van der Waals surface area contributed by atoms with Crippen molar-refractivity contribution in [3.63, 3.8) is 0 Å². The van der Waals surface area contributed by atoms with E-state index in [4.69, 9.17) is 29.5 Å². The predicted octanol–water partition coefficient (Wildman–Crippen LogP) is 8.50. The lowest BCUT2D eigenvalue weighted by atomic mass is 9.78. The molecule has 8 nitrogen and oxygen atoms in total. The molecule has 0 aliphatic rings. The molecule has 0 saturated heterocycles. The number of nitriles is 2. The van der Waals surface area contributed by atoms with E-state index in [1.165, 1.54) is 24.3 Å². The molecule has 0 aromatic heterocycles. The molecule has 5 rings (SSSR count). The third-order valence-corrected chi connectivity index (χ3v) is 8.41. The number of benzene rings is 5. The summed E-state index contributed by atoms with van der Waals surface area (Å²) in [5.74, 6) is 0.615. The summed E-state index contributed by atoms with van der Waals surface area (Å²) in [5, 5.41) is 17.4. The lowest BCUT2D eigenvalue weighted by molar-refractivity contribution is 0.0720. The van der Waals surface area contributed by atoms with E-state index in [0.717, 1.165) is 22.3 Å². The Kier molecular flexibility index (Phi) is 9.59. The summed E-state index contributed by atoms with van der Waals surface area (Å²) in [4.78, 5) is 25.7. The first-order valence-electron chi connectivity index (χ1n) is 15.1. The van der Waals surface area contributed by atoms with Crippen molar-refractivity contribution in [1.82, 2.24) is 0 Å². The Bertz CT molecular complexity index is 1830. The Morgan fingerprint density at radius 2 is 0.688 bits per heavy atom. The average Bonchev–Trinajstić information content (AvgIpc) is 3.09. The first-order chi connectivity index (χ1) is 23.0. The van der Waals surface area contributed by atoms with E-state index in [1.54, 1.807) is 61.0 Å². The zero-order valence-corrected chi connectivity index (χ0v) is 26.9. The third kappa shape index (κ3) is 7.36. The molecule has 0 atom stereocenters. The number of hydrogen-bond acceptors (Lipinski definition) is 8. The highest BCUT2D eigenvalue weighted by Crippen LogP contribution is 2.35. The number of rotatable bonds is 10. The molecular formula is C40H32N2O6. The second-order valence-electron chi connectivity index (χ2n) is 12.1. The lowest BCUT2D eigenvalue weighted by Gasteiger charge is -2.26. The van der Waals surface area contributed by atoms with Gasteiger partial charge in [0, 0.05) is 10.8 Å². The van der Waals surface area contributed by atoms with E-state index in [0.29, 0.717) is 23.0 Å². The molecule has 0 spiro atoms. The van der Waals surface area contributed by atoms with Crippen LogP contribution in [0, 0.1) is 23.0 Å². The van der Waals surface area contributed by atoms with E-state index >= 15 is 0 Å². The van der Waals surface area contributed by atoms with Gasteiger partial charge in [-0.15, -0.1) is 10.5 Å². The first-order valence-corrected chi connectivity index (χ1v) is 15.1. The maximum Gasteiger partial charge on any atom is 0.343 e. The minimum atomic E-state index is -0.555. The SMILES string of the molecule is CC(C)(c1ccc(OC#N)cc1)c1ccc(OC(=O)c2ccc(C(=O)Oc3ccc(C(C)(C)c4ccc(OC#N)cc4)cc3)cc2)cc1. The molecule has 0 amide bonds. The van der Waals surface area contributed by atoms with Gasteiger partial charge in [0.05, 0.1) is 11.1 Å². The second kappa shape index (κ2) is 13.9. The summed E-state index contributed by atoms with van der Waals surface area (Å²) in [5.41, 5.74) is 3.96. The molecule has 0 saturated carbocycles. The Balaban J connectivity index is 1.18. The van der Waals surface area contributed by atoms with Crippen LogP contribution in [0.2, 0.25) is 0 Å². The van der Waals surface area contributed by atoms with Gasteiger partial charge in [-0.3, -0.25) is 0 Å². The molecule has 238 valence electrons. The fourth-order valence-corrected chi connectivity index (χ4v) is 5.27. The van der Waals surface area contributed by atoms with Crippen LogP contribution in [0.1, 0.15) is 70.7 Å². The topological polar surface area (TPSA) is 119 Å². The Labute approximate surface area is 279 Å². The molecule has 0 N–H and O–H groups in total. The van der Waals surface area contributed by atoms with Crippen molar-refractivity contribution < 1.29 is 28.5 Å². The van der Waals surface area contributed by atoms with Crippen LogP contribution in [0.25, 0.3) is 0 Å². The van der Waals surface area contributed by atoms with Crippen molar-refractivity contribution in [3.05, 3.63) is 155 Å². The summed E-state index contributed by atoms with van der Waals surface area (Å²) >= 11 is 0. The molecule has 0 heterocycles. The van der Waals surface area contributed by atoms with Crippen molar-refractivity contribution in [2.24, 2.45) is 0 Å². The van der Waals surface area contributed by atoms with E-state index in [2.05, 4.69) is 27.7 Å². The van der Waals surface area contributed by atoms with Gasteiger partial charge in [0.1, 0.15) is 23.0 Å². The lowest BCUT2D eigenvalue weighted by Crippen LogP contribution is -2.19. The molecule has 8 heteroatoms. The number of carbonyl (C=O) groups is 2. The summed E-state index contributed by atoms with van der Waals surface area (Å²) in [6, 6.07) is 35.3. The maximum atomic E-state index is 12.8. The molecule has 0 fully saturated rings. The zero-order valence-electron chi connectivity index (χ0n) is 26.9. The summed E-state index contributed by atoms with van der Waals surface area (Å²) in [7, 11) is 0. The normalized spacial score (nSPS) is 11.0. The fourth-order valence-electron chi connectivity index (χ4n) is 5.27. The minimum absolute atomic E-state index is 0.287. The van der Waals surface area contributed by atoms with Gasteiger partial charge in [-0.1, -0.05) is 76.2 Å². The van der Waals surface area contributed by atoms with Gasteiger partial charge in [-0.05, 0) is 95.1 Å². The Hall–Kier alpha value is -6.38. The highest BCUT2D eigenvalue weighted by molar-refractivity contribution is 5.94. The molecule has 48 heavy (non-hydrogen) atoms. The molecular weight excluding hydrogens is 604 g/mol. The van der Waals surface area contributed by atoms with Gasteiger partial charge in [-0.25, -0.2) is 9.59 Å². The second-order valence-corrected chi connectivity index (χ2v) is 12.1. The molecule has 5 aromatic rings. The monoisotopic (exact) mass is 636 g/mol. The van der Waals surface area contributed by atoms with Crippen molar-refractivity contribution in [2.75, 3.05) is 0 Å². The van der Waals surface area contributed by atoms with Crippen LogP contribution in [0.3, 0.4) is 0 Å². The molecule has 0 unspecified atom stereocenters. The van der Waals surface area contributed by atoms with Crippen LogP contribution in [-0.2, 0) is 10.8 Å². The first kappa shape index (κ1) is 33.0. The van der Waals surface area contributed by atoms with E-state index in [1.807, 2.05) is 48.5 Å². The molecule has 5 aromatic carbocycles. The molecule has 0 radical (unpaired) electrons. The van der Waals surface area contributed by atoms with Crippen molar-refractivity contribution >= 4 is 11.9 Å². The van der Waals surface area contributed by atoms with Gasteiger partial charge >= 0.3 is 11.9 Å². The smallest absolute Gasteiger partial charge is 0.343 e. The Morgan fingerprint density at radius 1 is 0.438 bits per heavy atom. The molecule has 0 bridgehead atoms. The third-order valence-electron chi connectivity index (χ3n) is 8.41. The number of esters is 2. The van der Waals surface area contributed by atoms with Crippen LogP contribution in [-0.4, -0.2) is 11.9 Å². The van der Waals surface area contributed by atoms with Crippen molar-refractivity contribution in [3.8, 4) is 35.5 Å². The van der Waals surface area contributed by atoms with Gasteiger partial charge < -0.3 is 18.9 Å². The van der Waals surface area contributed by atoms with E-state index in [9.17, 15) is 9.59 Å². The number of nitrogens with zero attached hydrogens (tertiary/aromatic N) is 2. The predicted molar refractivity (Wildman–Crippen MR) is 179 cm³/mol. The molecule has 0 aliphatic heterocycles. The average molecular weight is 637 g/mol. The summed E-state index contributed by atoms with van der Waals surface area (Å²) in [6.45, 7) is 8.31. The number of carbonyl (C=O) groups excluding carboxylic acids is 2. The summed E-state index contributed by atoms with van der Waals surface area (Å²) < 4.78 is 20.9. The van der Waals surface area contributed by atoms with E-state index in [-0.39, 0.29) is 22.0 Å². The number of ether oxygens (including phenoxy) is 4. The van der Waals surface area contributed by atoms with Gasteiger partial charge in [0.2, 0.25) is 0 Å². The van der Waals surface area contributed by atoms with Gasteiger partial charge in [0.15, 0.2) is 0 Å². The summed E-state index contributed by atoms with van der Waals surface area (Å²) in [6.07, 6.45) is 3.33. The van der Waals surface area contributed by atoms with Crippen LogP contribution in [0.4, 0.5) is 0 Å². The maximum absolute atomic E-state index is 12.8.